The molecule has 0 nitrogen and oxygen atoms in total. The minimum Gasteiger partial charge on any atom is -0.0882 e. The first-order valence-electron chi connectivity index (χ1n) is 7.78. The van der Waals surface area contributed by atoms with E-state index in [0.29, 0.717) is 0 Å². The highest BCUT2D eigenvalue weighted by Gasteiger charge is 2.12. The van der Waals surface area contributed by atoms with E-state index < -0.39 is 0 Å². The van der Waals surface area contributed by atoms with Gasteiger partial charge < -0.3 is 0 Å². The van der Waals surface area contributed by atoms with E-state index >= 15 is 0 Å². The first-order valence-corrected chi connectivity index (χ1v) is 7.78. The molecular formula is C19H30. The first kappa shape index (κ1) is 16.0. The fourth-order valence-electron chi connectivity index (χ4n) is 2.17. The summed E-state index contributed by atoms with van der Waals surface area (Å²) in [5.41, 5.74) is 3.09. The number of hydrogen-bond donors (Lipinski definition) is 0. The van der Waals surface area contributed by atoms with Crippen LogP contribution in [-0.4, -0.2) is 0 Å². The van der Waals surface area contributed by atoms with E-state index in [2.05, 4.69) is 64.1 Å². The smallest absolute Gasteiger partial charge is 0.00975 e. The molecule has 106 valence electrons. The molecule has 1 aromatic rings. The van der Waals surface area contributed by atoms with Gasteiger partial charge in [-0.15, -0.1) is 0 Å². The van der Waals surface area contributed by atoms with E-state index in [1.165, 1.54) is 43.2 Å². The second-order valence-corrected chi connectivity index (χ2v) is 6.47. The minimum absolute atomic E-state index is 0.258. The van der Waals surface area contributed by atoms with Gasteiger partial charge in [-0.2, -0.15) is 0 Å². The molecule has 0 saturated carbocycles. The van der Waals surface area contributed by atoms with Crippen LogP contribution in [0.3, 0.4) is 0 Å². The highest BCUT2D eigenvalue weighted by atomic mass is 14.2. The lowest BCUT2D eigenvalue weighted by Crippen LogP contribution is -2.10. The van der Waals surface area contributed by atoms with Gasteiger partial charge in [0, 0.05) is 0 Å². The van der Waals surface area contributed by atoms with Crippen LogP contribution in [0.1, 0.15) is 70.9 Å². The summed E-state index contributed by atoms with van der Waals surface area (Å²) in [5.74, 6) is 0. The monoisotopic (exact) mass is 258 g/mol. The number of rotatable bonds is 7. The number of allylic oxidation sites excluding steroid dienone is 2. The van der Waals surface area contributed by atoms with Crippen molar-refractivity contribution in [2.24, 2.45) is 0 Å². The lowest BCUT2D eigenvalue weighted by molar-refractivity contribution is 0.590. The number of unbranched alkanes of at least 4 members (excludes halogenated alkanes) is 4. The second kappa shape index (κ2) is 8.19. The molecule has 0 aliphatic carbocycles. The second-order valence-electron chi connectivity index (χ2n) is 6.47. The summed E-state index contributed by atoms with van der Waals surface area (Å²) in [4.78, 5) is 0. The summed E-state index contributed by atoms with van der Waals surface area (Å²) in [5, 5.41) is 0. The fourth-order valence-corrected chi connectivity index (χ4v) is 2.17. The standard InChI is InChI=1S/C19H30/c1-5-6-7-8-9-10-11-12-17-13-15-18(16-14-17)19(2,3)4/h10-11,13-16H,5-9,12H2,1-4H3/b11-10+. The van der Waals surface area contributed by atoms with E-state index in [0.717, 1.165) is 6.42 Å². The average molecular weight is 258 g/mol. The Kier molecular flexibility index (Phi) is 6.91. The van der Waals surface area contributed by atoms with Crippen molar-refractivity contribution in [2.75, 3.05) is 0 Å². The lowest BCUT2D eigenvalue weighted by Gasteiger charge is -2.18. The van der Waals surface area contributed by atoms with Crippen LogP contribution >= 0.6 is 0 Å². The predicted octanol–water partition coefficient (Wildman–Crippen LogP) is 6.05. The van der Waals surface area contributed by atoms with Gasteiger partial charge in [0.2, 0.25) is 0 Å². The third-order valence-electron chi connectivity index (χ3n) is 3.56. The summed E-state index contributed by atoms with van der Waals surface area (Å²) in [6.45, 7) is 9.05. The van der Waals surface area contributed by atoms with Crippen molar-refractivity contribution in [3.63, 3.8) is 0 Å². The summed E-state index contributed by atoms with van der Waals surface area (Å²) in [6, 6.07) is 9.07. The summed E-state index contributed by atoms with van der Waals surface area (Å²) in [6.07, 6.45) is 12.4. The minimum atomic E-state index is 0.258. The van der Waals surface area contributed by atoms with Crippen molar-refractivity contribution >= 4 is 0 Å². The van der Waals surface area contributed by atoms with E-state index in [-0.39, 0.29) is 5.41 Å². The highest BCUT2D eigenvalue weighted by molar-refractivity contribution is 5.28. The third kappa shape index (κ3) is 6.61. The fraction of sp³-hybridized carbons (Fsp3) is 0.579. The number of hydrogen-bond acceptors (Lipinski definition) is 0. The molecule has 1 rings (SSSR count). The molecule has 0 atom stereocenters. The molecule has 0 spiro atoms. The molecule has 1 aromatic carbocycles. The van der Waals surface area contributed by atoms with Crippen molar-refractivity contribution in [3.05, 3.63) is 47.5 Å². The molecule has 19 heavy (non-hydrogen) atoms. The molecule has 0 fully saturated rings. The Hall–Kier alpha value is -1.04. The zero-order valence-corrected chi connectivity index (χ0v) is 13.2. The number of benzene rings is 1. The van der Waals surface area contributed by atoms with Crippen molar-refractivity contribution in [2.45, 2.75) is 71.6 Å². The first-order chi connectivity index (χ1) is 9.04. The van der Waals surface area contributed by atoms with Gasteiger partial charge in [-0.05, 0) is 35.8 Å². The molecule has 0 bridgehead atoms. The molecule has 0 saturated heterocycles. The SMILES string of the molecule is CCCCCC/C=C/Cc1ccc(C(C)(C)C)cc1. The van der Waals surface area contributed by atoms with Gasteiger partial charge in [0.15, 0.2) is 0 Å². The maximum atomic E-state index is 2.34. The van der Waals surface area contributed by atoms with Crippen LogP contribution in [0.2, 0.25) is 0 Å². The van der Waals surface area contributed by atoms with Crippen LogP contribution in [-0.2, 0) is 11.8 Å². The Labute approximate surface area is 119 Å². The molecule has 0 heterocycles. The predicted molar refractivity (Wildman–Crippen MR) is 86.7 cm³/mol. The Balaban J connectivity index is 2.32. The summed E-state index contributed by atoms with van der Waals surface area (Å²) >= 11 is 0. The molecule has 0 amide bonds. The Morgan fingerprint density at radius 2 is 1.58 bits per heavy atom. The molecule has 0 aliphatic heterocycles. The molecule has 0 unspecified atom stereocenters. The van der Waals surface area contributed by atoms with Crippen LogP contribution in [0.25, 0.3) is 0 Å². The molecule has 0 aromatic heterocycles. The highest BCUT2D eigenvalue weighted by Crippen LogP contribution is 2.22. The van der Waals surface area contributed by atoms with Crippen LogP contribution < -0.4 is 0 Å². The van der Waals surface area contributed by atoms with Gasteiger partial charge in [-0.3, -0.25) is 0 Å². The maximum Gasteiger partial charge on any atom is -0.00975 e. The van der Waals surface area contributed by atoms with E-state index in [4.69, 9.17) is 0 Å². The lowest BCUT2D eigenvalue weighted by atomic mass is 9.86. The van der Waals surface area contributed by atoms with Crippen molar-refractivity contribution in [3.8, 4) is 0 Å². The zero-order valence-electron chi connectivity index (χ0n) is 13.2. The molecule has 0 heteroatoms. The molecule has 0 radical (unpaired) electrons. The van der Waals surface area contributed by atoms with E-state index in [1.54, 1.807) is 0 Å². The molecular weight excluding hydrogens is 228 g/mol. The van der Waals surface area contributed by atoms with Gasteiger partial charge in [0.1, 0.15) is 0 Å². The largest absolute Gasteiger partial charge is 0.0882 e. The Bertz CT molecular complexity index is 362. The average Bonchev–Trinajstić information content (AvgIpc) is 2.37. The van der Waals surface area contributed by atoms with E-state index in [1.807, 2.05) is 0 Å². The summed E-state index contributed by atoms with van der Waals surface area (Å²) < 4.78 is 0. The Morgan fingerprint density at radius 1 is 0.895 bits per heavy atom. The topological polar surface area (TPSA) is 0 Å². The normalized spacial score (nSPS) is 12.2. The molecule has 0 N–H and O–H groups in total. The van der Waals surface area contributed by atoms with Crippen LogP contribution in [0, 0.1) is 0 Å². The van der Waals surface area contributed by atoms with Crippen molar-refractivity contribution in [1.82, 2.24) is 0 Å². The van der Waals surface area contributed by atoms with Crippen LogP contribution in [0.5, 0.6) is 0 Å². The maximum absolute atomic E-state index is 2.34. The summed E-state index contributed by atoms with van der Waals surface area (Å²) in [7, 11) is 0. The van der Waals surface area contributed by atoms with Crippen LogP contribution in [0.4, 0.5) is 0 Å². The van der Waals surface area contributed by atoms with Gasteiger partial charge in [0.25, 0.3) is 0 Å². The van der Waals surface area contributed by atoms with Gasteiger partial charge >= 0.3 is 0 Å². The van der Waals surface area contributed by atoms with Crippen LogP contribution in [0.15, 0.2) is 36.4 Å². The Morgan fingerprint density at radius 3 is 2.16 bits per heavy atom. The quantitative estimate of drug-likeness (QED) is 0.412. The van der Waals surface area contributed by atoms with Crippen molar-refractivity contribution < 1.29 is 0 Å². The van der Waals surface area contributed by atoms with Crippen molar-refractivity contribution in [1.29, 1.82) is 0 Å². The zero-order chi connectivity index (χ0) is 14.1. The van der Waals surface area contributed by atoms with Gasteiger partial charge in [0.05, 0.1) is 0 Å². The van der Waals surface area contributed by atoms with Gasteiger partial charge in [-0.25, -0.2) is 0 Å². The third-order valence-corrected chi connectivity index (χ3v) is 3.56. The van der Waals surface area contributed by atoms with E-state index in [9.17, 15) is 0 Å². The van der Waals surface area contributed by atoms with Gasteiger partial charge in [-0.1, -0.05) is 83.4 Å². The molecule has 0 aliphatic rings.